The summed E-state index contributed by atoms with van der Waals surface area (Å²) in [6.45, 7) is 0.0387. The van der Waals surface area contributed by atoms with Gasteiger partial charge in [-0.15, -0.1) is 0 Å². The van der Waals surface area contributed by atoms with E-state index in [9.17, 15) is 13.2 Å². The molecule has 0 aliphatic carbocycles. The van der Waals surface area contributed by atoms with Gasteiger partial charge in [-0.25, -0.2) is 8.42 Å². The molecule has 1 aromatic heterocycles. The van der Waals surface area contributed by atoms with E-state index in [-0.39, 0.29) is 35.9 Å². The molecule has 0 saturated heterocycles. The zero-order valence-electron chi connectivity index (χ0n) is 15.9. The van der Waals surface area contributed by atoms with Gasteiger partial charge in [-0.3, -0.25) is 4.79 Å². The number of nitrogens with zero attached hydrogens (tertiary/aromatic N) is 2. The van der Waals surface area contributed by atoms with E-state index in [1.54, 1.807) is 37.4 Å². The van der Waals surface area contributed by atoms with Crippen LogP contribution in [0.15, 0.2) is 64.0 Å². The molecule has 152 valence electrons. The van der Waals surface area contributed by atoms with E-state index in [0.717, 1.165) is 11.3 Å². The highest BCUT2D eigenvalue weighted by Crippen LogP contribution is 2.20. The van der Waals surface area contributed by atoms with Gasteiger partial charge in [-0.2, -0.15) is 4.98 Å². The molecular formula is C20H21N3O5S. The lowest BCUT2D eigenvalue weighted by molar-refractivity contribution is -0.121. The fourth-order valence-corrected chi connectivity index (χ4v) is 3.77. The lowest BCUT2D eigenvalue weighted by atomic mass is 10.2. The topological polar surface area (TPSA) is 111 Å². The first-order valence-corrected chi connectivity index (χ1v) is 10.6. The summed E-state index contributed by atoms with van der Waals surface area (Å²) in [6, 6.07) is 15.4. The minimum absolute atomic E-state index is 0.0387. The first kappa shape index (κ1) is 20.5. The van der Waals surface area contributed by atoms with E-state index in [2.05, 4.69) is 15.5 Å². The second-order valence-corrected chi connectivity index (χ2v) is 8.33. The fraction of sp³-hybridized carbons (Fsp3) is 0.250. The third-order valence-electron chi connectivity index (χ3n) is 4.18. The van der Waals surface area contributed by atoms with Crippen molar-refractivity contribution in [3.05, 3.63) is 60.5 Å². The van der Waals surface area contributed by atoms with Gasteiger partial charge >= 0.3 is 0 Å². The Hall–Kier alpha value is -3.20. The second-order valence-electron chi connectivity index (χ2n) is 6.22. The molecule has 2 aromatic carbocycles. The Morgan fingerprint density at radius 3 is 2.52 bits per heavy atom. The molecule has 0 atom stereocenters. The van der Waals surface area contributed by atoms with Gasteiger partial charge in [0.05, 0.1) is 17.8 Å². The quantitative estimate of drug-likeness (QED) is 0.570. The molecule has 0 spiro atoms. The minimum Gasteiger partial charge on any atom is -0.497 e. The maximum absolute atomic E-state index is 12.2. The van der Waals surface area contributed by atoms with E-state index in [1.807, 2.05) is 12.1 Å². The van der Waals surface area contributed by atoms with Crippen LogP contribution in [0, 0.1) is 0 Å². The van der Waals surface area contributed by atoms with Gasteiger partial charge in [0, 0.05) is 24.9 Å². The highest BCUT2D eigenvalue weighted by molar-refractivity contribution is 7.91. The molecule has 1 N–H and O–H groups in total. The number of aryl methyl sites for hydroxylation is 1. The summed E-state index contributed by atoms with van der Waals surface area (Å²) < 4.78 is 34.6. The summed E-state index contributed by atoms with van der Waals surface area (Å²) in [5.41, 5.74) is 0.774. The number of hydrogen-bond donors (Lipinski definition) is 1. The van der Waals surface area contributed by atoms with Gasteiger partial charge in [0.1, 0.15) is 5.75 Å². The zero-order chi connectivity index (χ0) is 20.7. The summed E-state index contributed by atoms with van der Waals surface area (Å²) in [7, 11) is -1.83. The zero-order valence-corrected chi connectivity index (χ0v) is 16.7. The van der Waals surface area contributed by atoms with Gasteiger partial charge in [-0.1, -0.05) is 23.4 Å². The smallest absolute Gasteiger partial charge is 0.227 e. The molecule has 0 saturated carbocycles. The second kappa shape index (κ2) is 9.33. The number of carbonyl (C=O) groups is 1. The van der Waals surface area contributed by atoms with Crippen molar-refractivity contribution in [1.29, 1.82) is 0 Å². The van der Waals surface area contributed by atoms with Crippen LogP contribution in [0.5, 0.6) is 5.75 Å². The monoisotopic (exact) mass is 415 g/mol. The summed E-state index contributed by atoms with van der Waals surface area (Å²) in [6.07, 6.45) is 0.385. The SMILES string of the molecule is COc1ccc(-c2noc(CCC(=O)NCCS(=O)(=O)c3ccccc3)n2)cc1. The number of ether oxygens (including phenoxy) is 1. The van der Waals surface area contributed by atoms with Gasteiger partial charge in [-0.05, 0) is 36.4 Å². The molecular weight excluding hydrogens is 394 g/mol. The molecule has 0 radical (unpaired) electrons. The third kappa shape index (κ3) is 5.64. The number of aromatic nitrogens is 2. The number of sulfone groups is 1. The molecule has 3 rings (SSSR count). The fourth-order valence-electron chi connectivity index (χ4n) is 2.59. The van der Waals surface area contributed by atoms with E-state index < -0.39 is 9.84 Å². The average molecular weight is 415 g/mol. The molecule has 1 amide bonds. The van der Waals surface area contributed by atoms with Gasteiger partial charge in [0.25, 0.3) is 0 Å². The molecule has 0 aliphatic heterocycles. The first-order chi connectivity index (χ1) is 14.0. The van der Waals surface area contributed by atoms with Crippen molar-refractivity contribution in [2.75, 3.05) is 19.4 Å². The molecule has 0 unspecified atom stereocenters. The Kier molecular flexibility index (Phi) is 6.61. The van der Waals surface area contributed by atoms with E-state index in [1.165, 1.54) is 12.1 Å². The van der Waals surface area contributed by atoms with E-state index in [4.69, 9.17) is 9.26 Å². The van der Waals surface area contributed by atoms with Gasteiger partial charge in [0.2, 0.25) is 17.6 Å². The minimum atomic E-state index is -3.42. The molecule has 29 heavy (non-hydrogen) atoms. The van der Waals surface area contributed by atoms with Crippen molar-refractivity contribution in [3.8, 4) is 17.1 Å². The van der Waals surface area contributed by atoms with E-state index >= 15 is 0 Å². The predicted octanol–water partition coefficient (Wildman–Crippen LogP) is 2.27. The van der Waals surface area contributed by atoms with Crippen molar-refractivity contribution in [2.24, 2.45) is 0 Å². The van der Waals surface area contributed by atoms with Crippen LogP contribution >= 0.6 is 0 Å². The summed E-state index contributed by atoms with van der Waals surface area (Å²) in [5.74, 6) is 1.05. The maximum atomic E-state index is 12.2. The Balaban J connectivity index is 1.45. The number of carbonyl (C=O) groups excluding carboxylic acids is 1. The normalized spacial score (nSPS) is 11.2. The summed E-state index contributed by atoms with van der Waals surface area (Å²) in [5, 5.41) is 6.52. The van der Waals surface area contributed by atoms with Gasteiger partial charge < -0.3 is 14.6 Å². The maximum Gasteiger partial charge on any atom is 0.227 e. The Bertz CT molecular complexity index is 1050. The molecule has 9 heteroatoms. The molecule has 1 heterocycles. The summed E-state index contributed by atoms with van der Waals surface area (Å²) in [4.78, 5) is 16.5. The van der Waals surface area contributed by atoms with Gasteiger partial charge in [0.15, 0.2) is 9.84 Å². The number of amides is 1. The van der Waals surface area contributed by atoms with Crippen molar-refractivity contribution < 1.29 is 22.5 Å². The number of nitrogens with one attached hydrogen (secondary N) is 1. The predicted molar refractivity (Wildman–Crippen MR) is 106 cm³/mol. The molecule has 8 nitrogen and oxygen atoms in total. The van der Waals surface area contributed by atoms with Crippen LogP contribution in [0.25, 0.3) is 11.4 Å². The number of rotatable bonds is 9. The summed E-state index contributed by atoms with van der Waals surface area (Å²) >= 11 is 0. The number of methoxy groups -OCH3 is 1. The number of hydrogen-bond acceptors (Lipinski definition) is 7. The first-order valence-electron chi connectivity index (χ1n) is 8.99. The molecule has 0 aliphatic rings. The van der Waals surface area contributed by atoms with Crippen LogP contribution < -0.4 is 10.1 Å². The van der Waals surface area contributed by atoms with Crippen LogP contribution in [-0.4, -0.2) is 43.9 Å². The van der Waals surface area contributed by atoms with Crippen LogP contribution in [0.4, 0.5) is 0 Å². The molecule has 3 aromatic rings. The van der Waals surface area contributed by atoms with E-state index in [0.29, 0.717) is 11.7 Å². The lowest BCUT2D eigenvalue weighted by Crippen LogP contribution is -2.29. The molecule has 0 bridgehead atoms. The standard InChI is InChI=1S/C20H21N3O5S/c1-27-16-9-7-15(8-10-16)20-22-19(28-23-20)12-11-18(24)21-13-14-29(25,26)17-5-3-2-4-6-17/h2-10H,11-14H2,1H3,(H,21,24). The van der Waals surface area contributed by atoms with Crippen molar-refractivity contribution >= 4 is 15.7 Å². The highest BCUT2D eigenvalue weighted by Gasteiger charge is 2.15. The van der Waals surface area contributed by atoms with Crippen molar-refractivity contribution in [2.45, 2.75) is 17.7 Å². The van der Waals surface area contributed by atoms with Crippen molar-refractivity contribution in [1.82, 2.24) is 15.5 Å². The average Bonchev–Trinajstić information content (AvgIpc) is 3.22. The van der Waals surface area contributed by atoms with Crippen LogP contribution in [0.2, 0.25) is 0 Å². The Morgan fingerprint density at radius 1 is 1.10 bits per heavy atom. The molecule has 0 fully saturated rings. The highest BCUT2D eigenvalue weighted by atomic mass is 32.2. The number of benzene rings is 2. The van der Waals surface area contributed by atoms with Crippen molar-refractivity contribution in [3.63, 3.8) is 0 Å². The largest absolute Gasteiger partial charge is 0.497 e. The van der Waals surface area contributed by atoms with Crippen LogP contribution in [0.1, 0.15) is 12.3 Å². The third-order valence-corrected chi connectivity index (χ3v) is 5.91. The Labute approximate surface area is 168 Å². The Morgan fingerprint density at radius 2 is 1.83 bits per heavy atom. The van der Waals surface area contributed by atoms with Crippen LogP contribution in [0.3, 0.4) is 0 Å². The van der Waals surface area contributed by atoms with Crippen LogP contribution in [-0.2, 0) is 21.1 Å². The lowest BCUT2D eigenvalue weighted by Gasteiger charge is -2.06.